The van der Waals surface area contributed by atoms with Crippen LogP contribution in [0.5, 0.6) is 5.75 Å². The van der Waals surface area contributed by atoms with Crippen LogP contribution in [-0.4, -0.2) is 30.8 Å². The number of hydrogen-bond acceptors (Lipinski definition) is 4. The number of rotatable bonds is 5. The lowest BCUT2D eigenvalue weighted by Crippen LogP contribution is -2.12. The van der Waals surface area contributed by atoms with E-state index < -0.39 is 11.9 Å². The van der Waals surface area contributed by atoms with E-state index in [9.17, 15) is 9.59 Å². The van der Waals surface area contributed by atoms with Gasteiger partial charge >= 0.3 is 11.9 Å². The number of benzene rings is 1. The predicted octanol–water partition coefficient (Wildman–Crippen LogP) is 1.34. The van der Waals surface area contributed by atoms with E-state index in [1.165, 1.54) is 13.2 Å². The van der Waals surface area contributed by atoms with Gasteiger partial charge in [-0.25, -0.2) is 9.59 Å². The molecule has 0 aliphatic heterocycles. The first-order chi connectivity index (χ1) is 8.11. The molecule has 1 aromatic rings. The van der Waals surface area contributed by atoms with Crippen LogP contribution in [-0.2, 0) is 14.3 Å². The fourth-order valence-electron chi connectivity index (χ4n) is 1.08. The van der Waals surface area contributed by atoms with E-state index in [1.807, 2.05) is 0 Å². The maximum atomic E-state index is 10.8. The van der Waals surface area contributed by atoms with Gasteiger partial charge in [0.05, 0.1) is 7.11 Å². The Morgan fingerprint density at radius 2 is 2.18 bits per heavy atom. The second kappa shape index (κ2) is 6.32. The van der Waals surface area contributed by atoms with Gasteiger partial charge in [-0.2, -0.15) is 0 Å². The molecule has 0 aliphatic rings. The Hall–Kier alpha value is -2.30. The van der Waals surface area contributed by atoms with E-state index in [0.717, 1.165) is 6.08 Å². The summed E-state index contributed by atoms with van der Waals surface area (Å²) in [6, 6.07) is 6.72. The fourth-order valence-corrected chi connectivity index (χ4v) is 1.08. The molecule has 0 amide bonds. The largest absolute Gasteiger partial charge is 0.482 e. The van der Waals surface area contributed by atoms with Crippen molar-refractivity contribution in [1.82, 2.24) is 0 Å². The molecule has 0 bridgehead atoms. The molecule has 0 atom stereocenters. The van der Waals surface area contributed by atoms with Crippen molar-refractivity contribution in [1.29, 1.82) is 0 Å². The first-order valence-electron chi connectivity index (χ1n) is 4.82. The molecule has 1 N–H and O–H groups in total. The van der Waals surface area contributed by atoms with E-state index in [0.29, 0.717) is 11.3 Å². The number of carboxylic acids is 1. The minimum absolute atomic E-state index is 0.178. The van der Waals surface area contributed by atoms with E-state index in [4.69, 9.17) is 9.84 Å². The zero-order valence-corrected chi connectivity index (χ0v) is 9.25. The lowest BCUT2D eigenvalue weighted by atomic mass is 10.2. The van der Waals surface area contributed by atoms with Gasteiger partial charge in [0.2, 0.25) is 0 Å². The third-order valence-electron chi connectivity index (χ3n) is 1.86. The van der Waals surface area contributed by atoms with Crippen molar-refractivity contribution in [3.05, 3.63) is 35.9 Å². The highest BCUT2D eigenvalue weighted by molar-refractivity contribution is 5.85. The monoisotopic (exact) mass is 236 g/mol. The van der Waals surface area contributed by atoms with Crippen LogP contribution in [0.1, 0.15) is 5.56 Å². The van der Waals surface area contributed by atoms with Crippen LogP contribution in [0.25, 0.3) is 6.08 Å². The number of ether oxygens (including phenoxy) is 2. The quantitative estimate of drug-likeness (QED) is 0.616. The van der Waals surface area contributed by atoms with Gasteiger partial charge in [0.25, 0.3) is 0 Å². The van der Waals surface area contributed by atoms with Crippen molar-refractivity contribution in [2.24, 2.45) is 0 Å². The van der Waals surface area contributed by atoms with Gasteiger partial charge in [-0.05, 0) is 23.8 Å². The summed E-state index contributed by atoms with van der Waals surface area (Å²) in [5, 5.41) is 8.47. The molecule has 0 radical (unpaired) electrons. The Morgan fingerprint density at radius 3 is 2.82 bits per heavy atom. The van der Waals surface area contributed by atoms with Crippen LogP contribution >= 0.6 is 0 Å². The third-order valence-corrected chi connectivity index (χ3v) is 1.86. The summed E-state index contributed by atoms with van der Waals surface area (Å²) >= 11 is 0. The Bertz CT molecular complexity index is 436. The molecule has 1 rings (SSSR count). The summed E-state index contributed by atoms with van der Waals surface area (Å²) in [5.74, 6) is -1.02. The molecule has 0 saturated heterocycles. The standard InChI is InChI=1S/C12H12O5/c1-16-12(15)8-17-10-4-2-3-9(7-10)5-6-11(13)14/h2-7H,8H2,1H3,(H,13,14)/b6-5+. The minimum Gasteiger partial charge on any atom is -0.482 e. The van der Waals surface area contributed by atoms with Gasteiger partial charge in [-0.1, -0.05) is 12.1 Å². The van der Waals surface area contributed by atoms with Gasteiger partial charge in [0.15, 0.2) is 6.61 Å². The summed E-state index contributed by atoms with van der Waals surface area (Å²) in [6.07, 6.45) is 2.47. The lowest BCUT2D eigenvalue weighted by molar-refractivity contribution is -0.143. The van der Waals surface area contributed by atoms with Crippen LogP contribution < -0.4 is 4.74 Å². The van der Waals surface area contributed by atoms with Crippen LogP contribution in [0.15, 0.2) is 30.3 Å². The normalized spacial score (nSPS) is 10.2. The van der Waals surface area contributed by atoms with Crippen molar-refractivity contribution < 1.29 is 24.2 Å². The summed E-state index contributed by atoms with van der Waals surface area (Å²) in [6.45, 7) is -0.178. The molecule has 17 heavy (non-hydrogen) atoms. The Morgan fingerprint density at radius 1 is 1.41 bits per heavy atom. The van der Waals surface area contributed by atoms with Crippen molar-refractivity contribution >= 4 is 18.0 Å². The molecule has 0 spiro atoms. The molecule has 5 nitrogen and oxygen atoms in total. The number of methoxy groups -OCH3 is 1. The maximum absolute atomic E-state index is 10.8. The average molecular weight is 236 g/mol. The maximum Gasteiger partial charge on any atom is 0.343 e. The number of carbonyl (C=O) groups is 2. The fraction of sp³-hybridized carbons (Fsp3) is 0.167. The lowest BCUT2D eigenvalue weighted by Gasteiger charge is -2.04. The van der Waals surface area contributed by atoms with E-state index >= 15 is 0 Å². The van der Waals surface area contributed by atoms with Crippen molar-refractivity contribution in [2.75, 3.05) is 13.7 Å². The van der Waals surface area contributed by atoms with E-state index in [-0.39, 0.29) is 6.61 Å². The predicted molar refractivity (Wildman–Crippen MR) is 60.6 cm³/mol. The summed E-state index contributed by atoms with van der Waals surface area (Å²) < 4.78 is 9.58. The van der Waals surface area contributed by atoms with Crippen LogP contribution in [0.3, 0.4) is 0 Å². The third kappa shape index (κ3) is 4.83. The number of esters is 1. The average Bonchev–Trinajstić information content (AvgIpc) is 2.34. The zero-order valence-electron chi connectivity index (χ0n) is 9.25. The Labute approximate surface area is 98.3 Å². The number of aliphatic carboxylic acids is 1. The molecule has 1 aromatic carbocycles. The van der Waals surface area contributed by atoms with Crippen molar-refractivity contribution in [2.45, 2.75) is 0 Å². The second-order valence-corrected chi connectivity index (χ2v) is 3.11. The minimum atomic E-state index is -1.02. The molecule has 0 heterocycles. The van der Waals surface area contributed by atoms with Crippen LogP contribution in [0.4, 0.5) is 0 Å². The molecule has 0 unspecified atom stereocenters. The number of carboxylic acid groups (broad SMARTS) is 1. The van der Waals surface area contributed by atoms with Gasteiger partial charge in [-0.15, -0.1) is 0 Å². The Balaban J connectivity index is 2.65. The highest BCUT2D eigenvalue weighted by Gasteiger charge is 2.01. The van der Waals surface area contributed by atoms with Crippen LogP contribution in [0.2, 0.25) is 0 Å². The SMILES string of the molecule is COC(=O)COc1cccc(/C=C/C(=O)O)c1. The summed E-state index contributed by atoms with van der Waals surface area (Å²) in [4.78, 5) is 21.2. The topological polar surface area (TPSA) is 72.8 Å². The van der Waals surface area contributed by atoms with E-state index in [1.54, 1.807) is 24.3 Å². The molecular formula is C12H12O5. The number of carbonyl (C=O) groups excluding carboxylic acids is 1. The van der Waals surface area contributed by atoms with Gasteiger partial charge in [0.1, 0.15) is 5.75 Å². The molecule has 90 valence electrons. The van der Waals surface area contributed by atoms with Crippen molar-refractivity contribution in [3.63, 3.8) is 0 Å². The van der Waals surface area contributed by atoms with Gasteiger partial charge in [0, 0.05) is 6.08 Å². The van der Waals surface area contributed by atoms with Crippen molar-refractivity contribution in [3.8, 4) is 5.75 Å². The molecule has 0 aromatic heterocycles. The summed E-state index contributed by atoms with van der Waals surface area (Å²) in [7, 11) is 1.28. The van der Waals surface area contributed by atoms with E-state index in [2.05, 4.69) is 4.74 Å². The molecule has 0 saturated carbocycles. The first kappa shape index (κ1) is 12.8. The van der Waals surface area contributed by atoms with Crippen LogP contribution in [0, 0.1) is 0 Å². The highest BCUT2D eigenvalue weighted by atomic mass is 16.6. The highest BCUT2D eigenvalue weighted by Crippen LogP contribution is 2.14. The number of hydrogen-bond donors (Lipinski definition) is 1. The van der Waals surface area contributed by atoms with Gasteiger partial charge in [-0.3, -0.25) is 0 Å². The zero-order chi connectivity index (χ0) is 12.7. The summed E-state index contributed by atoms with van der Waals surface area (Å²) in [5.41, 5.74) is 0.676. The first-order valence-corrected chi connectivity index (χ1v) is 4.82. The molecule has 5 heteroatoms. The molecular weight excluding hydrogens is 224 g/mol. The van der Waals surface area contributed by atoms with Gasteiger partial charge < -0.3 is 14.6 Å². The molecule has 0 aliphatic carbocycles. The Kier molecular flexibility index (Phi) is 4.75. The second-order valence-electron chi connectivity index (χ2n) is 3.11. The smallest absolute Gasteiger partial charge is 0.343 e. The molecule has 0 fully saturated rings.